The lowest BCUT2D eigenvalue weighted by Crippen LogP contribution is -2.47. The Bertz CT molecular complexity index is 678. The molecule has 1 spiro atoms. The Hall–Kier alpha value is -1.65. The molecule has 4 heteroatoms. The van der Waals surface area contributed by atoms with Crippen LogP contribution in [0.15, 0.2) is 42.0 Å². The summed E-state index contributed by atoms with van der Waals surface area (Å²) in [6.45, 7) is 5.56. The molecular weight excluding hydrogens is 316 g/mol. The second-order valence-electron chi connectivity index (χ2n) is 7.96. The van der Waals surface area contributed by atoms with Crippen LogP contribution in [0.4, 0.5) is 0 Å². The van der Waals surface area contributed by atoms with Crippen LogP contribution in [0.2, 0.25) is 0 Å². The molecule has 4 rings (SSSR count). The molecule has 0 bridgehead atoms. The van der Waals surface area contributed by atoms with Gasteiger partial charge in [0.2, 0.25) is 0 Å². The number of hydrogen-bond donors (Lipinski definition) is 0. The molecule has 0 N–H and O–H groups in total. The SMILES string of the molecule is CC1(C)O[C@@H]2CC(=O)O[C@@]23CC(CCOCc2ccccc2)=CC[C@@H]13. The number of benzene rings is 1. The van der Waals surface area contributed by atoms with Crippen molar-refractivity contribution in [3.63, 3.8) is 0 Å². The van der Waals surface area contributed by atoms with E-state index < -0.39 is 5.60 Å². The highest BCUT2D eigenvalue weighted by Crippen LogP contribution is 2.56. The standard InChI is InChI=1S/C21H26O4/c1-20(2)17-9-8-15(10-11-23-14-16-6-4-3-5-7-16)13-21(17)18(24-20)12-19(22)25-21/h3-8,17-18H,9-14H2,1-2H3/t17-,18+,21+/m0/s1. The maximum Gasteiger partial charge on any atom is 0.309 e. The number of rotatable bonds is 5. The van der Waals surface area contributed by atoms with Gasteiger partial charge in [-0.05, 0) is 32.3 Å². The second-order valence-corrected chi connectivity index (χ2v) is 7.96. The summed E-state index contributed by atoms with van der Waals surface area (Å²) < 4.78 is 17.9. The second kappa shape index (κ2) is 6.26. The molecule has 1 aromatic rings. The van der Waals surface area contributed by atoms with Crippen molar-refractivity contribution in [1.29, 1.82) is 0 Å². The van der Waals surface area contributed by atoms with Gasteiger partial charge in [-0.3, -0.25) is 4.79 Å². The summed E-state index contributed by atoms with van der Waals surface area (Å²) in [6.07, 6.45) is 5.16. The summed E-state index contributed by atoms with van der Waals surface area (Å²) >= 11 is 0. The average molecular weight is 342 g/mol. The van der Waals surface area contributed by atoms with Gasteiger partial charge in [0.25, 0.3) is 0 Å². The molecule has 0 saturated carbocycles. The lowest BCUT2D eigenvalue weighted by molar-refractivity contribution is -0.153. The zero-order chi connectivity index (χ0) is 17.5. The lowest BCUT2D eigenvalue weighted by atomic mass is 9.69. The van der Waals surface area contributed by atoms with Crippen LogP contribution in [0.25, 0.3) is 0 Å². The highest BCUT2D eigenvalue weighted by atomic mass is 16.6. The molecule has 0 aromatic heterocycles. The maximum absolute atomic E-state index is 11.9. The van der Waals surface area contributed by atoms with Gasteiger partial charge in [0, 0.05) is 12.3 Å². The van der Waals surface area contributed by atoms with E-state index in [0.29, 0.717) is 19.6 Å². The first-order chi connectivity index (χ1) is 12.0. The molecule has 25 heavy (non-hydrogen) atoms. The zero-order valence-electron chi connectivity index (χ0n) is 15.0. The molecule has 0 radical (unpaired) electrons. The Kier molecular flexibility index (Phi) is 4.20. The molecule has 4 nitrogen and oxygen atoms in total. The van der Waals surface area contributed by atoms with E-state index in [0.717, 1.165) is 19.3 Å². The number of carbonyl (C=O) groups is 1. The van der Waals surface area contributed by atoms with E-state index in [9.17, 15) is 4.79 Å². The van der Waals surface area contributed by atoms with E-state index >= 15 is 0 Å². The van der Waals surface area contributed by atoms with Crippen molar-refractivity contribution in [2.75, 3.05) is 6.61 Å². The Morgan fingerprint density at radius 2 is 2.04 bits per heavy atom. The predicted octanol–water partition coefficient (Wildman–Crippen LogP) is 3.79. The molecule has 2 aliphatic heterocycles. The summed E-state index contributed by atoms with van der Waals surface area (Å²) in [5, 5.41) is 0. The zero-order valence-corrected chi connectivity index (χ0v) is 15.0. The number of ether oxygens (including phenoxy) is 3. The van der Waals surface area contributed by atoms with Crippen LogP contribution in [-0.4, -0.2) is 29.9 Å². The van der Waals surface area contributed by atoms with Crippen LogP contribution in [0.3, 0.4) is 0 Å². The monoisotopic (exact) mass is 342 g/mol. The first-order valence-electron chi connectivity index (χ1n) is 9.19. The van der Waals surface area contributed by atoms with Crippen molar-refractivity contribution in [2.45, 2.75) is 63.4 Å². The molecule has 3 atom stereocenters. The van der Waals surface area contributed by atoms with E-state index in [1.165, 1.54) is 11.1 Å². The van der Waals surface area contributed by atoms with Crippen molar-refractivity contribution in [3.05, 3.63) is 47.5 Å². The van der Waals surface area contributed by atoms with Gasteiger partial charge in [-0.15, -0.1) is 0 Å². The minimum Gasteiger partial charge on any atom is -0.455 e. The number of allylic oxidation sites excluding steroid dienone is 1. The molecule has 3 aliphatic rings. The summed E-state index contributed by atoms with van der Waals surface area (Å²) in [6, 6.07) is 10.2. The van der Waals surface area contributed by atoms with Gasteiger partial charge in [-0.1, -0.05) is 42.0 Å². The van der Waals surface area contributed by atoms with Crippen LogP contribution < -0.4 is 0 Å². The first-order valence-corrected chi connectivity index (χ1v) is 9.19. The van der Waals surface area contributed by atoms with Crippen LogP contribution in [0.5, 0.6) is 0 Å². The topological polar surface area (TPSA) is 44.8 Å². The van der Waals surface area contributed by atoms with Crippen LogP contribution >= 0.6 is 0 Å². The van der Waals surface area contributed by atoms with Crippen molar-refractivity contribution in [2.24, 2.45) is 5.92 Å². The van der Waals surface area contributed by atoms with Crippen LogP contribution in [0.1, 0.15) is 45.1 Å². The Morgan fingerprint density at radius 1 is 1.24 bits per heavy atom. The van der Waals surface area contributed by atoms with Gasteiger partial charge >= 0.3 is 5.97 Å². The van der Waals surface area contributed by atoms with E-state index in [2.05, 4.69) is 32.1 Å². The third-order valence-corrected chi connectivity index (χ3v) is 5.90. The molecule has 0 unspecified atom stereocenters. The Balaban J connectivity index is 1.37. The van der Waals surface area contributed by atoms with E-state index in [-0.39, 0.29) is 23.6 Å². The quantitative estimate of drug-likeness (QED) is 0.464. The minimum absolute atomic E-state index is 0.103. The van der Waals surface area contributed by atoms with Gasteiger partial charge in [-0.2, -0.15) is 0 Å². The van der Waals surface area contributed by atoms with Crippen molar-refractivity contribution >= 4 is 5.97 Å². The summed E-state index contributed by atoms with van der Waals surface area (Å²) in [5.41, 5.74) is 1.82. The number of hydrogen-bond acceptors (Lipinski definition) is 4. The van der Waals surface area contributed by atoms with Gasteiger partial charge in [0.15, 0.2) is 0 Å². The molecular formula is C21H26O4. The molecule has 2 heterocycles. The van der Waals surface area contributed by atoms with Crippen molar-refractivity contribution < 1.29 is 19.0 Å². The largest absolute Gasteiger partial charge is 0.455 e. The third kappa shape index (κ3) is 3.02. The fourth-order valence-corrected chi connectivity index (χ4v) is 4.74. The number of carbonyl (C=O) groups excluding carboxylic acids is 1. The first kappa shape index (κ1) is 16.8. The summed E-state index contributed by atoms with van der Waals surface area (Å²) in [4.78, 5) is 11.9. The van der Waals surface area contributed by atoms with Crippen LogP contribution in [0, 0.1) is 5.92 Å². The van der Waals surface area contributed by atoms with Crippen LogP contribution in [-0.2, 0) is 25.6 Å². The highest BCUT2D eigenvalue weighted by Gasteiger charge is 2.66. The molecule has 0 amide bonds. The molecule has 2 saturated heterocycles. The molecule has 2 fully saturated rings. The molecule has 1 aliphatic carbocycles. The fourth-order valence-electron chi connectivity index (χ4n) is 4.74. The Morgan fingerprint density at radius 3 is 2.84 bits per heavy atom. The van der Waals surface area contributed by atoms with Gasteiger partial charge < -0.3 is 14.2 Å². The van der Waals surface area contributed by atoms with Crippen molar-refractivity contribution in [1.82, 2.24) is 0 Å². The van der Waals surface area contributed by atoms with Crippen molar-refractivity contribution in [3.8, 4) is 0 Å². The molecule has 134 valence electrons. The lowest BCUT2D eigenvalue weighted by Gasteiger charge is -2.39. The highest BCUT2D eigenvalue weighted by molar-refractivity contribution is 5.74. The van der Waals surface area contributed by atoms with Gasteiger partial charge in [-0.25, -0.2) is 0 Å². The molecule has 1 aromatic carbocycles. The Labute approximate surface area is 149 Å². The van der Waals surface area contributed by atoms with E-state index in [1.807, 2.05) is 18.2 Å². The third-order valence-electron chi connectivity index (χ3n) is 5.90. The maximum atomic E-state index is 11.9. The summed E-state index contributed by atoms with van der Waals surface area (Å²) in [7, 11) is 0. The van der Waals surface area contributed by atoms with E-state index in [4.69, 9.17) is 14.2 Å². The average Bonchev–Trinajstić information content (AvgIpc) is 2.97. The van der Waals surface area contributed by atoms with Gasteiger partial charge in [0.05, 0.1) is 25.2 Å². The smallest absolute Gasteiger partial charge is 0.309 e. The number of esters is 1. The van der Waals surface area contributed by atoms with E-state index in [1.54, 1.807) is 0 Å². The predicted molar refractivity (Wildman–Crippen MR) is 93.9 cm³/mol. The van der Waals surface area contributed by atoms with Gasteiger partial charge in [0.1, 0.15) is 11.7 Å². The minimum atomic E-state index is -0.454. The summed E-state index contributed by atoms with van der Waals surface area (Å²) in [5.74, 6) is 0.123. The fraction of sp³-hybridized carbons (Fsp3) is 0.571. The normalized spacial score (nSPS) is 32.7.